The zero-order valence-corrected chi connectivity index (χ0v) is 10.6. The molecule has 2 aromatic carbocycles. The molecule has 0 aliphatic carbocycles. The third-order valence-corrected chi connectivity index (χ3v) is 2.81. The van der Waals surface area contributed by atoms with Crippen molar-refractivity contribution in [1.29, 1.82) is 5.26 Å². The molecule has 0 radical (unpaired) electrons. The second kappa shape index (κ2) is 5.85. The normalized spacial score (nSPS) is 9.80. The predicted octanol–water partition coefficient (Wildman–Crippen LogP) is 2.21. The Morgan fingerprint density at radius 2 is 2.05 bits per heavy atom. The number of nitrogens with two attached hydrogens (primary N) is 1. The zero-order valence-electron chi connectivity index (χ0n) is 10.6. The lowest BCUT2D eigenvalue weighted by atomic mass is 10.1. The Balaban J connectivity index is 2.09. The molecule has 100 valence electrons. The van der Waals surface area contributed by atoms with Crippen molar-refractivity contribution in [3.05, 3.63) is 65.0 Å². The van der Waals surface area contributed by atoms with Gasteiger partial charge in [0.1, 0.15) is 5.82 Å². The van der Waals surface area contributed by atoms with Crippen molar-refractivity contribution in [3.8, 4) is 6.07 Å². The van der Waals surface area contributed by atoms with Crippen LogP contribution < -0.4 is 11.1 Å². The third-order valence-electron chi connectivity index (χ3n) is 2.81. The second-order valence-electron chi connectivity index (χ2n) is 4.20. The van der Waals surface area contributed by atoms with E-state index in [-0.39, 0.29) is 17.8 Å². The summed E-state index contributed by atoms with van der Waals surface area (Å²) in [4.78, 5) is 11.9. The number of nitrogens with zero attached hydrogens (tertiary/aromatic N) is 1. The highest BCUT2D eigenvalue weighted by Gasteiger charge is 2.12. The van der Waals surface area contributed by atoms with Crippen molar-refractivity contribution >= 4 is 11.6 Å². The standard InChI is InChI=1S/C15H12FN3O/c16-13-6-2-5-12(14(13)18)15(20)19-9-11-4-1-3-10(7-11)8-17/h1-7H,9,18H2,(H,19,20). The van der Waals surface area contributed by atoms with Gasteiger partial charge in [0.25, 0.3) is 5.91 Å². The van der Waals surface area contributed by atoms with Gasteiger partial charge in [-0.05, 0) is 29.8 Å². The molecule has 0 spiro atoms. The van der Waals surface area contributed by atoms with Crippen molar-refractivity contribution in [3.63, 3.8) is 0 Å². The Kier molecular flexibility index (Phi) is 3.96. The summed E-state index contributed by atoms with van der Waals surface area (Å²) in [6.07, 6.45) is 0. The van der Waals surface area contributed by atoms with Gasteiger partial charge in [0, 0.05) is 6.54 Å². The van der Waals surface area contributed by atoms with Crippen molar-refractivity contribution in [2.45, 2.75) is 6.54 Å². The monoisotopic (exact) mass is 269 g/mol. The van der Waals surface area contributed by atoms with Crippen LogP contribution in [0.2, 0.25) is 0 Å². The molecule has 0 saturated heterocycles. The summed E-state index contributed by atoms with van der Waals surface area (Å²) in [5.74, 6) is -1.08. The molecule has 0 heterocycles. The average molecular weight is 269 g/mol. The molecule has 0 atom stereocenters. The number of hydrogen-bond acceptors (Lipinski definition) is 3. The fraction of sp³-hybridized carbons (Fsp3) is 0.0667. The topological polar surface area (TPSA) is 78.9 Å². The molecule has 0 fully saturated rings. The highest BCUT2D eigenvalue weighted by atomic mass is 19.1. The SMILES string of the molecule is N#Cc1cccc(CNC(=O)c2cccc(F)c2N)c1. The summed E-state index contributed by atoms with van der Waals surface area (Å²) >= 11 is 0. The molecule has 4 nitrogen and oxygen atoms in total. The summed E-state index contributed by atoms with van der Waals surface area (Å²) in [7, 11) is 0. The predicted molar refractivity (Wildman–Crippen MR) is 73.1 cm³/mol. The number of halogens is 1. The van der Waals surface area contributed by atoms with Gasteiger partial charge in [0.15, 0.2) is 0 Å². The van der Waals surface area contributed by atoms with Crippen LogP contribution in [-0.4, -0.2) is 5.91 Å². The van der Waals surface area contributed by atoms with Crippen LogP contribution in [0, 0.1) is 17.1 Å². The molecule has 0 bridgehead atoms. The average Bonchev–Trinajstić information content (AvgIpc) is 2.48. The number of amides is 1. The molecule has 0 unspecified atom stereocenters. The number of nitriles is 1. The zero-order chi connectivity index (χ0) is 14.5. The molecular formula is C15H12FN3O. The van der Waals surface area contributed by atoms with E-state index in [0.717, 1.165) is 5.56 Å². The summed E-state index contributed by atoms with van der Waals surface area (Å²) in [6, 6.07) is 13.0. The smallest absolute Gasteiger partial charge is 0.253 e. The lowest BCUT2D eigenvalue weighted by molar-refractivity contribution is 0.0951. The van der Waals surface area contributed by atoms with E-state index in [2.05, 4.69) is 5.32 Å². The number of benzene rings is 2. The van der Waals surface area contributed by atoms with E-state index in [9.17, 15) is 9.18 Å². The number of anilines is 1. The summed E-state index contributed by atoms with van der Waals surface area (Å²) < 4.78 is 13.3. The van der Waals surface area contributed by atoms with Crippen molar-refractivity contribution in [2.24, 2.45) is 0 Å². The van der Waals surface area contributed by atoms with Crippen LogP contribution in [-0.2, 0) is 6.54 Å². The van der Waals surface area contributed by atoms with E-state index in [1.54, 1.807) is 24.3 Å². The first-order chi connectivity index (χ1) is 9.61. The highest BCUT2D eigenvalue weighted by molar-refractivity contribution is 5.99. The summed E-state index contributed by atoms with van der Waals surface area (Å²) in [6.45, 7) is 0.240. The molecule has 1 amide bonds. The number of nitrogen functional groups attached to an aromatic ring is 1. The minimum atomic E-state index is -0.621. The van der Waals surface area contributed by atoms with Gasteiger partial charge in [-0.3, -0.25) is 4.79 Å². The Bertz CT molecular complexity index is 692. The Labute approximate surface area is 115 Å². The van der Waals surface area contributed by atoms with E-state index in [0.29, 0.717) is 5.56 Å². The van der Waals surface area contributed by atoms with Crippen LogP contribution in [0.1, 0.15) is 21.5 Å². The number of carbonyl (C=O) groups is 1. The lowest BCUT2D eigenvalue weighted by Crippen LogP contribution is -2.24. The first-order valence-corrected chi connectivity index (χ1v) is 5.93. The van der Waals surface area contributed by atoms with Crippen molar-refractivity contribution < 1.29 is 9.18 Å². The molecule has 0 aliphatic heterocycles. The maximum atomic E-state index is 13.3. The van der Waals surface area contributed by atoms with E-state index in [1.807, 2.05) is 6.07 Å². The number of carbonyl (C=O) groups excluding carboxylic acids is 1. The van der Waals surface area contributed by atoms with E-state index >= 15 is 0 Å². The maximum absolute atomic E-state index is 13.3. The molecule has 0 aliphatic rings. The van der Waals surface area contributed by atoms with E-state index in [1.165, 1.54) is 18.2 Å². The number of hydrogen-bond donors (Lipinski definition) is 2. The van der Waals surface area contributed by atoms with Crippen LogP contribution in [0.3, 0.4) is 0 Å². The first kappa shape index (κ1) is 13.6. The maximum Gasteiger partial charge on any atom is 0.253 e. The van der Waals surface area contributed by atoms with E-state index < -0.39 is 11.7 Å². The minimum Gasteiger partial charge on any atom is -0.396 e. The molecular weight excluding hydrogens is 257 g/mol. The quantitative estimate of drug-likeness (QED) is 0.838. The number of nitrogens with one attached hydrogen (secondary N) is 1. The third kappa shape index (κ3) is 2.93. The summed E-state index contributed by atoms with van der Waals surface area (Å²) in [5.41, 5.74) is 6.75. The minimum absolute atomic E-state index is 0.0986. The van der Waals surface area contributed by atoms with Crippen LogP contribution in [0.4, 0.5) is 10.1 Å². The molecule has 2 aromatic rings. The van der Waals surface area contributed by atoms with Gasteiger partial charge in [-0.25, -0.2) is 4.39 Å². The Hall–Kier alpha value is -2.87. The van der Waals surface area contributed by atoms with Crippen LogP contribution in [0.15, 0.2) is 42.5 Å². The van der Waals surface area contributed by atoms with Gasteiger partial charge in [-0.2, -0.15) is 5.26 Å². The fourth-order valence-corrected chi connectivity index (χ4v) is 1.76. The molecule has 3 N–H and O–H groups in total. The van der Waals surface area contributed by atoms with Gasteiger partial charge >= 0.3 is 0 Å². The van der Waals surface area contributed by atoms with Gasteiger partial charge < -0.3 is 11.1 Å². The van der Waals surface area contributed by atoms with Gasteiger partial charge in [0.2, 0.25) is 0 Å². The lowest BCUT2D eigenvalue weighted by Gasteiger charge is -2.08. The fourth-order valence-electron chi connectivity index (χ4n) is 1.76. The molecule has 0 saturated carbocycles. The second-order valence-corrected chi connectivity index (χ2v) is 4.20. The van der Waals surface area contributed by atoms with Crippen LogP contribution in [0.5, 0.6) is 0 Å². The van der Waals surface area contributed by atoms with Crippen LogP contribution >= 0.6 is 0 Å². The van der Waals surface area contributed by atoms with Crippen LogP contribution in [0.25, 0.3) is 0 Å². The first-order valence-electron chi connectivity index (χ1n) is 5.93. The van der Waals surface area contributed by atoms with Gasteiger partial charge in [-0.15, -0.1) is 0 Å². The Morgan fingerprint density at radius 3 is 2.80 bits per heavy atom. The largest absolute Gasteiger partial charge is 0.396 e. The molecule has 0 aromatic heterocycles. The van der Waals surface area contributed by atoms with Gasteiger partial charge in [-0.1, -0.05) is 18.2 Å². The number of rotatable bonds is 3. The number of para-hydroxylation sites is 1. The van der Waals surface area contributed by atoms with Gasteiger partial charge in [0.05, 0.1) is 22.9 Å². The highest BCUT2D eigenvalue weighted by Crippen LogP contribution is 2.15. The van der Waals surface area contributed by atoms with Crippen molar-refractivity contribution in [1.82, 2.24) is 5.32 Å². The summed E-state index contributed by atoms with van der Waals surface area (Å²) in [5, 5.41) is 11.4. The molecule has 2 rings (SSSR count). The van der Waals surface area contributed by atoms with E-state index in [4.69, 9.17) is 11.0 Å². The molecule has 5 heteroatoms. The van der Waals surface area contributed by atoms with Crippen molar-refractivity contribution in [2.75, 3.05) is 5.73 Å². The Morgan fingerprint density at radius 1 is 1.30 bits per heavy atom. The molecule has 20 heavy (non-hydrogen) atoms.